The summed E-state index contributed by atoms with van der Waals surface area (Å²) in [6.07, 6.45) is 1.32. The predicted molar refractivity (Wildman–Crippen MR) is 85.7 cm³/mol. The lowest BCUT2D eigenvalue weighted by Crippen LogP contribution is -2.40. The molecule has 1 fully saturated rings. The highest BCUT2D eigenvalue weighted by Gasteiger charge is 2.41. The van der Waals surface area contributed by atoms with Gasteiger partial charge in [0.2, 0.25) is 0 Å². The summed E-state index contributed by atoms with van der Waals surface area (Å²) >= 11 is 2.07. The highest BCUT2D eigenvalue weighted by Crippen LogP contribution is 2.41. The standard InChI is InChI=1S/C17H27NS/c1-12(2)15-11-16(17(13(3)4)18(15)5)19-14-9-7-6-8-10-14/h6-10,12-13,15-17H,11H2,1-5H3/t15-,16+,17-/m1/s1. The first-order valence-electron chi connectivity index (χ1n) is 7.44. The van der Waals surface area contributed by atoms with E-state index < -0.39 is 0 Å². The van der Waals surface area contributed by atoms with Crippen molar-refractivity contribution < 1.29 is 0 Å². The zero-order valence-electron chi connectivity index (χ0n) is 12.8. The Morgan fingerprint density at radius 3 is 2.21 bits per heavy atom. The molecule has 0 bridgehead atoms. The van der Waals surface area contributed by atoms with Crippen molar-refractivity contribution in [1.29, 1.82) is 0 Å². The minimum atomic E-state index is 0.692. The van der Waals surface area contributed by atoms with E-state index in [1.807, 2.05) is 0 Å². The Morgan fingerprint density at radius 1 is 1.05 bits per heavy atom. The number of benzene rings is 1. The SMILES string of the molecule is CC(C)[C@H]1C[C@H](Sc2ccccc2)[C@@H](C(C)C)N1C. The second kappa shape index (κ2) is 6.32. The topological polar surface area (TPSA) is 3.24 Å². The van der Waals surface area contributed by atoms with Crippen LogP contribution >= 0.6 is 11.8 Å². The summed E-state index contributed by atoms with van der Waals surface area (Å²) in [4.78, 5) is 4.05. The molecule has 0 N–H and O–H groups in total. The van der Waals surface area contributed by atoms with Crippen LogP contribution in [0.1, 0.15) is 34.1 Å². The van der Waals surface area contributed by atoms with Crippen molar-refractivity contribution in [2.24, 2.45) is 11.8 Å². The van der Waals surface area contributed by atoms with Gasteiger partial charge in [0.1, 0.15) is 0 Å². The molecule has 0 spiro atoms. The van der Waals surface area contributed by atoms with E-state index in [4.69, 9.17) is 0 Å². The van der Waals surface area contributed by atoms with Gasteiger partial charge >= 0.3 is 0 Å². The van der Waals surface area contributed by atoms with Crippen molar-refractivity contribution in [1.82, 2.24) is 4.90 Å². The molecule has 1 aliphatic rings. The molecule has 19 heavy (non-hydrogen) atoms. The van der Waals surface area contributed by atoms with Gasteiger partial charge in [0.15, 0.2) is 0 Å². The summed E-state index contributed by atoms with van der Waals surface area (Å²) in [6.45, 7) is 9.44. The van der Waals surface area contributed by atoms with Crippen LogP contribution in [0.2, 0.25) is 0 Å². The smallest absolute Gasteiger partial charge is 0.0268 e. The predicted octanol–water partition coefficient (Wildman–Crippen LogP) is 4.53. The number of hydrogen-bond donors (Lipinski definition) is 0. The minimum Gasteiger partial charge on any atom is -0.299 e. The number of thioether (sulfide) groups is 1. The quantitative estimate of drug-likeness (QED) is 0.795. The molecule has 1 saturated heterocycles. The molecular weight excluding hydrogens is 250 g/mol. The number of rotatable bonds is 4. The van der Waals surface area contributed by atoms with E-state index in [-0.39, 0.29) is 0 Å². The number of hydrogen-bond acceptors (Lipinski definition) is 2. The fourth-order valence-corrected chi connectivity index (χ4v) is 5.06. The Morgan fingerprint density at radius 2 is 1.68 bits per heavy atom. The Bertz CT molecular complexity index is 388. The van der Waals surface area contributed by atoms with Gasteiger partial charge < -0.3 is 0 Å². The third-order valence-electron chi connectivity index (χ3n) is 4.33. The van der Waals surface area contributed by atoms with Crippen LogP contribution in [0.3, 0.4) is 0 Å². The molecule has 0 unspecified atom stereocenters. The van der Waals surface area contributed by atoms with Crippen molar-refractivity contribution in [2.75, 3.05) is 7.05 Å². The number of likely N-dealkylation sites (tertiary alicyclic amines) is 1. The summed E-state index contributed by atoms with van der Waals surface area (Å²) in [6, 6.07) is 12.3. The van der Waals surface area contributed by atoms with Gasteiger partial charge in [0.05, 0.1) is 0 Å². The second-order valence-electron chi connectivity index (χ2n) is 6.42. The van der Waals surface area contributed by atoms with Crippen molar-refractivity contribution in [3.8, 4) is 0 Å². The summed E-state index contributed by atoms with van der Waals surface area (Å²) in [7, 11) is 2.32. The maximum Gasteiger partial charge on any atom is 0.0268 e. The maximum absolute atomic E-state index is 2.63. The van der Waals surface area contributed by atoms with Crippen molar-refractivity contribution >= 4 is 11.8 Å². The van der Waals surface area contributed by atoms with Gasteiger partial charge in [-0.05, 0) is 37.4 Å². The third kappa shape index (κ3) is 3.35. The van der Waals surface area contributed by atoms with Gasteiger partial charge in [-0.2, -0.15) is 0 Å². The average molecular weight is 277 g/mol. The molecule has 0 saturated carbocycles. The van der Waals surface area contributed by atoms with Crippen LogP contribution in [0.15, 0.2) is 35.2 Å². The lowest BCUT2D eigenvalue weighted by Gasteiger charge is -2.32. The largest absolute Gasteiger partial charge is 0.299 e. The van der Waals surface area contributed by atoms with E-state index in [1.165, 1.54) is 11.3 Å². The lowest BCUT2D eigenvalue weighted by molar-refractivity contribution is 0.169. The Labute approximate surface area is 122 Å². The third-order valence-corrected chi connectivity index (χ3v) is 5.65. The van der Waals surface area contributed by atoms with Gasteiger partial charge in [-0.1, -0.05) is 45.9 Å². The van der Waals surface area contributed by atoms with Crippen LogP contribution in [-0.4, -0.2) is 29.3 Å². The molecule has 0 aromatic heterocycles. The molecule has 1 aliphatic heterocycles. The van der Waals surface area contributed by atoms with Gasteiger partial charge in [-0.25, -0.2) is 0 Å². The highest BCUT2D eigenvalue weighted by molar-refractivity contribution is 8.00. The van der Waals surface area contributed by atoms with Crippen LogP contribution in [-0.2, 0) is 0 Å². The molecule has 1 heterocycles. The molecular formula is C17H27NS. The van der Waals surface area contributed by atoms with Gasteiger partial charge in [0.25, 0.3) is 0 Å². The summed E-state index contributed by atoms with van der Waals surface area (Å²) < 4.78 is 0. The molecule has 1 aromatic rings. The fraction of sp³-hybridized carbons (Fsp3) is 0.647. The summed E-state index contributed by atoms with van der Waals surface area (Å²) in [5.41, 5.74) is 0. The molecule has 2 rings (SSSR count). The summed E-state index contributed by atoms with van der Waals surface area (Å²) in [5, 5.41) is 0.722. The Kier molecular flexibility index (Phi) is 4.97. The van der Waals surface area contributed by atoms with E-state index in [2.05, 4.69) is 81.7 Å². The molecule has 0 amide bonds. The molecule has 2 heteroatoms. The van der Waals surface area contributed by atoms with Crippen LogP contribution < -0.4 is 0 Å². The molecule has 0 aliphatic carbocycles. The van der Waals surface area contributed by atoms with E-state index in [1.54, 1.807) is 0 Å². The maximum atomic E-state index is 2.63. The van der Waals surface area contributed by atoms with Gasteiger partial charge in [-0.15, -0.1) is 11.8 Å². The van der Waals surface area contributed by atoms with Crippen LogP contribution in [0.4, 0.5) is 0 Å². The van der Waals surface area contributed by atoms with Crippen molar-refractivity contribution in [2.45, 2.75) is 56.3 Å². The Balaban J connectivity index is 2.14. The molecule has 1 aromatic carbocycles. The van der Waals surface area contributed by atoms with E-state index in [0.717, 1.165) is 23.1 Å². The normalized spacial score (nSPS) is 28.5. The highest BCUT2D eigenvalue weighted by atomic mass is 32.2. The van der Waals surface area contributed by atoms with Crippen LogP contribution in [0, 0.1) is 11.8 Å². The zero-order valence-corrected chi connectivity index (χ0v) is 13.7. The van der Waals surface area contributed by atoms with Crippen LogP contribution in [0.25, 0.3) is 0 Å². The zero-order chi connectivity index (χ0) is 14.0. The minimum absolute atomic E-state index is 0.692. The van der Waals surface area contributed by atoms with Gasteiger partial charge in [0, 0.05) is 22.2 Å². The van der Waals surface area contributed by atoms with Crippen molar-refractivity contribution in [3.63, 3.8) is 0 Å². The molecule has 106 valence electrons. The monoisotopic (exact) mass is 277 g/mol. The Hall–Kier alpha value is -0.470. The average Bonchev–Trinajstić information content (AvgIpc) is 2.67. The summed E-state index contributed by atoms with van der Waals surface area (Å²) in [5.74, 6) is 1.46. The van der Waals surface area contributed by atoms with Gasteiger partial charge in [-0.3, -0.25) is 4.90 Å². The first kappa shape index (κ1) is 14.9. The second-order valence-corrected chi connectivity index (χ2v) is 7.73. The first-order chi connectivity index (χ1) is 9.00. The fourth-order valence-electron chi connectivity index (χ4n) is 3.46. The van der Waals surface area contributed by atoms with E-state index >= 15 is 0 Å². The van der Waals surface area contributed by atoms with E-state index in [0.29, 0.717) is 6.04 Å². The number of nitrogens with zero attached hydrogens (tertiary/aromatic N) is 1. The lowest BCUT2D eigenvalue weighted by atomic mass is 10.0. The van der Waals surface area contributed by atoms with E-state index in [9.17, 15) is 0 Å². The molecule has 1 nitrogen and oxygen atoms in total. The van der Waals surface area contributed by atoms with Crippen LogP contribution in [0.5, 0.6) is 0 Å². The molecule has 0 radical (unpaired) electrons. The molecule has 3 atom stereocenters. The first-order valence-corrected chi connectivity index (χ1v) is 8.32. The van der Waals surface area contributed by atoms with Crippen molar-refractivity contribution in [3.05, 3.63) is 30.3 Å².